The number of aliphatic hydroxyl groups is 1. The third kappa shape index (κ3) is 5.49. The van der Waals surface area contributed by atoms with E-state index in [9.17, 15) is 18.3 Å². The molecule has 0 radical (unpaired) electrons. The number of benzene rings is 1. The lowest BCUT2D eigenvalue weighted by molar-refractivity contribution is -0.121. The van der Waals surface area contributed by atoms with E-state index >= 15 is 0 Å². The number of fused-ring (bicyclic) bond motifs is 1. The second-order valence-electron chi connectivity index (χ2n) is 8.57. The van der Waals surface area contributed by atoms with Crippen LogP contribution in [0.1, 0.15) is 73.5 Å². The monoisotopic (exact) mass is 522 g/mol. The molecule has 4 atom stereocenters. The zero-order chi connectivity index (χ0) is 25.3. The van der Waals surface area contributed by atoms with Gasteiger partial charge in [-0.25, -0.2) is 23.3 Å². The van der Waals surface area contributed by atoms with E-state index in [0.29, 0.717) is 0 Å². The van der Waals surface area contributed by atoms with Crippen molar-refractivity contribution in [1.29, 1.82) is 0 Å². The average molecular weight is 523 g/mol. The van der Waals surface area contributed by atoms with Gasteiger partial charge < -0.3 is 14.3 Å². The van der Waals surface area contributed by atoms with Crippen LogP contribution in [0.25, 0.3) is 0 Å². The van der Waals surface area contributed by atoms with Crippen LogP contribution in [0, 0.1) is 0 Å². The van der Waals surface area contributed by atoms with Crippen LogP contribution in [-0.2, 0) is 27.6 Å². The van der Waals surface area contributed by atoms with E-state index in [1.165, 1.54) is 30.2 Å². The number of halogens is 1. The Morgan fingerprint density at radius 3 is 2.66 bits per heavy atom. The second kappa shape index (κ2) is 10.2. The first-order valence-electron chi connectivity index (χ1n) is 11.2. The van der Waals surface area contributed by atoms with Crippen LogP contribution in [0.15, 0.2) is 44.6 Å². The van der Waals surface area contributed by atoms with Crippen molar-refractivity contribution in [3.8, 4) is 0 Å². The van der Waals surface area contributed by atoms with Crippen LogP contribution in [0.4, 0.5) is 0 Å². The summed E-state index contributed by atoms with van der Waals surface area (Å²) in [5, 5.41) is 15.5. The van der Waals surface area contributed by atoms with E-state index in [2.05, 4.69) is 26.0 Å². The van der Waals surface area contributed by atoms with E-state index in [1.807, 2.05) is 19.1 Å². The topological polar surface area (TPSA) is 147 Å². The standard InChI is InChI=1S/C23H27ClN4O6S/c1-12(16-8-4-6-15-7-5-9-17(15)16)20(22-26-27-23(30)34-22)28-35(31,32)19-11-10-18(24)21(25-19)13(2)33-14(3)29/h4,6,8,10-14,20,28-29H,5,7,9H2,1-3H3,(H,27,30)/t12-,13?,14?,20+/m1/s1. The molecule has 188 valence electrons. The number of aliphatic hydroxyl groups excluding tert-OH is 1. The molecule has 0 fully saturated rings. The molecule has 4 rings (SSSR count). The molecule has 0 saturated heterocycles. The Hall–Kier alpha value is -2.57. The van der Waals surface area contributed by atoms with E-state index in [4.69, 9.17) is 20.8 Å². The number of hydrogen-bond acceptors (Lipinski definition) is 8. The van der Waals surface area contributed by atoms with Gasteiger partial charge >= 0.3 is 5.76 Å². The van der Waals surface area contributed by atoms with Gasteiger partial charge in [0.25, 0.3) is 10.0 Å². The SMILES string of the molecule is CC(O)OC(C)c1nc(S(=O)(=O)N[C@H](c2n[nH]c(=O)o2)[C@H](C)c2cccc3c2CCC3)ccc1Cl. The number of ether oxygens (including phenoxy) is 1. The fourth-order valence-electron chi connectivity index (χ4n) is 4.46. The van der Waals surface area contributed by atoms with Crippen LogP contribution in [0.5, 0.6) is 0 Å². The highest BCUT2D eigenvalue weighted by Gasteiger charge is 2.34. The lowest BCUT2D eigenvalue weighted by Gasteiger charge is -2.24. The fraction of sp³-hybridized carbons (Fsp3) is 0.435. The molecule has 1 aliphatic rings. The van der Waals surface area contributed by atoms with Gasteiger partial charge in [0, 0.05) is 5.92 Å². The Labute approximate surface area is 207 Å². The first-order valence-corrected chi connectivity index (χ1v) is 13.1. The molecule has 2 unspecified atom stereocenters. The molecule has 3 N–H and O–H groups in total. The highest BCUT2D eigenvalue weighted by Crippen LogP contribution is 2.37. The van der Waals surface area contributed by atoms with Gasteiger partial charge in [-0.3, -0.25) is 0 Å². The third-order valence-electron chi connectivity index (χ3n) is 6.08. The number of hydrogen-bond donors (Lipinski definition) is 3. The molecule has 1 aromatic carbocycles. The summed E-state index contributed by atoms with van der Waals surface area (Å²) < 4.78 is 40.0. The maximum absolute atomic E-state index is 13.4. The predicted octanol–water partition coefficient (Wildman–Crippen LogP) is 3.14. The number of aryl methyl sites for hydroxylation is 1. The number of sulfonamides is 1. The number of pyridine rings is 1. The summed E-state index contributed by atoms with van der Waals surface area (Å²) in [5.41, 5.74) is 3.53. The highest BCUT2D eigenvalue weighted by atomic mass is 35.5. The molecule has 0 amide bonds. The van der Waals surface area contributed by atoms with Gasteiger partial charge in [0.2, 0.25) is 5.89 Å². The lowest BCUT2D eigenvalue weighted by atomic mass is 9.88. The van der Waals surface area contributed by atoms with Gasteiger partial charge in [-0.1, -0.05) is 36.7 Å². The van der Waals surface area contributed by atoms with Crippen molar-refractivity contribution in [2.75, 3.05) is 0 Å². The predicted molar refractivity (Wildman–Crippen MR) is 127 cm³/mol. The summed E-state index contributed by atoms with van der Waals surface area (Å²) >= 11 is 6.21. The Bertz CT molecular complexity index is 1370. The lowest BCUT2D eigenvalue weighted by Crippen LogP contribution is -2.33. The second-order valence-corrected chi connectivity index (χ2v) is 10.6. The van der Waals surface area contributed by atoms with E-state index < -0.39 is 40.1 Å². The molecule has 2 heterocycles. The minimum Gasteiger partial charge on any atom is -0.391 e. The van der Waals surface area contributed by atoms with Crippen LogP contribution < -0.4 is 10.5 Å². The van der Waals surface area contributed by atoms with Gasteiger partial charge in [0.1, 0.15) is 12.1 Å². The molecular weight excluding hydrogens is 496 g/mol. The molecule has 1 aliphatic carbocycles. The molecule has 10 nitrogen and oxygen atoms in total. The first kappa shape index (κ1) is 25.5. The van der Waals surface area contributed by atoms with E-state index in [0.717, 1.165) is 24.8 Å². The van der Waals surface area contributed by atoms with Gasteiger partial charge in [-0.15, -0.1) is 5.10 Å². The number of rotatable bonds is 9. The van der Waals surface area contributed by atoms with Crippen molar-refractivity contribution in [3.63, 3.8) is 0 Å². The molecule has 0 bridgehead atoms. The highest BCUT2D eigenvalue weighted by molar-refractivity contribution is 7.89. The van der Waals surface area contributed by atoms with Crippen molar-refractivity contribution in [2.24, 2.45) is 0 Å². The Balaban J connectivity index is 1.71. The zero-order valence-corrected chi connectivity index (χ0v) is 21.1. The van der Waals surface area contributed by atoms with E-state index in [-0.39, 0.29) is 21.6 Å². The zero-order valence-electron chi connectivity index (χ0n) is 19.5. The van der Waals surface area contributed by atoms with Gasteiger partial charge in [-0.05, 0) is 61.9 Å². The average Bonchev–Trinajstić information content (AvgIpc) is 3.45. The number of nitrogens with zero attached hydrogens (tertiary/aromatic N) is 2. The van der Waals surface area contributed by atoms with Gasteiger partial charge in [0.05, 0.1) is 10.7 Å². The summed E-state index contributed by atoms with van der Waals surface area (Å²) in [4.78, 5) is 15.9. The molecule has 2 aromatic heterocycles. The molecule has 12 heteroatoms. The summed E-state index contributed by atoms with van der Waals surface area (Å²) in [7, 11) is -4.22. The molecule has 3 aromatic rings. The summed E-state index contributed by atoms with van der Waals surface area (Å²) in [6.07, 6.45) is 1.03. The molecule has 35 heavy (non-hydrogen) atoms. The molecule has 0 aliphatic heterocycles. The number of aromatic amines is 1. The number of nitrogens with one attached hydrogen (secondary N) is 2. The van der Waals surface area contributed by atoms with Crippen molar-refractivity contribution in [2.45, 2.75) is 69.4 Å². The minimum atomic E-state index is -4.22. The minimum absolute atomic E-state index is 0.0818. The molecule has 0 saturated carbocycles. The Morgan fingerprint density at radius 1 is 1.20 bits per heavy atom. The van der Waals surface area contributed by atoms with Crippen LogP contribution in [-0.4, -0.2) is 35.0 Å². The van der Waals surface area contributed by atoms with Gasteiger partial charge in [-0.2, -0.15) is 4.72 Å². The maximum Gasteiger partial charge on any atom is 0.434 e. The van der Waals surface area contributed by atoms with Crippen LogP contribution >= 0.6 is 11.6 Å². The van der Waals surface area contributed by atoms with Crippen molar-refractivity contribution in [1.82, 2.24) is 19.9 Å². The van der Waals surface area contributed by atoms with E-state index in [1.54, 1.807) is 6.92 Å². The quantitative estimate of drug-likeness (QED) is 0.363. The fourth-order valence-corrected chi connectivity index (χ4v) is 5.94. The first-order chi connectivity index (χ1) is 16.6. The number of H-pyrrole nitrogens is 1. The van der Waals surface area contributed by atoms with Crippen LogP contribution in [0.2, 0.25) is 5.02 Å². The smallest absolute Gasteiger partial charge is 0.391 e. The van der Waals surface area contributed by atoms with Gasteiger partial charge in [0.15, 0.2) is 11.3 Å². The molecule has 0 spiro atoms. The molecular formula is C23H27ClN4O6S. The van der Waals surface area contributed by atoms with Crippen molar-refractivity contribution >= 4 is 21.6 Å². The summed E-state index contributed by atoms with van der Waals surface area (Å²) in [6.45, 7) is 4.88. The third-order valence-corrected chi connectivity index (χ3v) is 7.75. The largest absolute Gasteiger partial charge is 0.434 e. The summed E-state index contributed by atoms with van der Waals surface area (Å²) in [5.74, 6) is -1.28. The van der Waals surface area contributed by atoms with Crippen LogP contribution in [0.3, 0.4) is 0 Å². The Morgan fingerprint density at radius 2 is 1.97 bits per heavy atom. The normalized spacial score (nSPS) is 17.1. The summed E-state index contributed by atoms with van der Waals surface area (Å²) in [6, 6.07) is 7.65. The Kier molecular flexibility index (Phi) is 7.43. The van der Waals surface area contributed by atoms with Crippen molar-refractivity contribution in [3.05, 3.63) is 74.2 Å². The van der Waals surface area contributed by atoms with Crippen molar-refractivity contribution < 1.29 is 22.7 Å². The number of aromatic nitrogens is 3. The maximum atomic E-state index is 13.4.